The van der Waals surface area contributed by atoms with Crippen LogP contribution in [0, 0.1) is 5.92 Å². The van der Waals surface area contributed by atoms with E-state index in [4.69, 9.17) is 0 Å². The number of nitrogens with one attached hydrogen (secondary N) is 1. The van der Waals surface area contributed by atoms with Gasteiger partial charge in [0.15, 0.2) is 0 Å². The third-order valence-electron chi connectivity index (χ3n) is 5.23. The number of aromatic nitrogens is 1. The van der Waals surface area contributed by atoms with Gasteiger partial charge in [-0.2, -0.15) is 0 Å². The number of pyridine rings is 1. The van der Waals surface area contributed by atoms with Gasteiger partial charge in [-0.15, -0.1) is 11.3 Å². The molecule has 0 bridgehead atoms. The van der Waals surface area contributed by atoms with Crippen molar-refractivity contribution >= 4 is 23.2 Å². The van der Waals surface area contributed by atoms with Crippen LogP contribution in [0.1, 0.15) is 45.1 Å². The molecule has 2 aromatic heterocycles. The van der Waals surface area contributed by atoms with Gasteiger partial charge < -0.3 is 10.2 Å². The van der Waals surface area contributed by atoms with Gasteiger partial charge in [-0.3, -0.25) is 14.6 Å². The Morgan fingerprint density at radius 3 is 2.88 bits per heavy atom. The quantitative estimate of drug-likeness (QED) is 0.901. The van der Waals surface area contributed by atoms with Crippen LogP contribution in [0.4, 0.5) is 0 Å². The summed E-state index contributed by atoms with van der Waals surface area (Å²) in [5.74, 6) is 0.230. The van der Waals surface area contributed by atoms with Gasteiger partial charge in [-0.05, 0) is 55.9 Å². The fourth-order valence-corrected chi connectivity index (χ4v) is 4.93. The molecule has 3 heterocycles. The van der Waals surface area contributed by atoms with Gasteiger partial charge in [-0.25, -0.2) is 0 Å². The number of aryl methyl sites for hydroxylation is 1. The highest BCUT2D eigenvalue weighted by molar-refractivity contribution is 7.14. The third-order valence-corrected chi connectivity index (χ3v) is 6.45. The summed E-state index contributed by atoms with van der Waals surface area (Å²) < 4.78 is 0. The highest BCUT2D eigenvalue weighted by atomic mass is 32.1. The summed E-state index contributed by atoms with van der Waals surface area (Å²) in [7, 11) is 0. The number of carbonyl (C=O) groups excluding carboxylic acids is 2. The van der Waals surface area contributed by atoms with Crippen LogP contribution in [0.15, 0.2) is 30.5 Å². The van der Waals surface area contributed by atoms with Crippen molar-refractivity contribution in [2.75, 3.05) is 13.1 Å². The lowest BCUT2D eigenvalue weighted by molar-refractivity contribution is -0.125. The summed E-state index contributed by atoms with van der Waals surface area (Å²) in [5.41, 5.74) is 2.05. The molecule has 1 saturated heterocycles. The van der Waals surface area contributed by atoms with Crippen molar-refractivity contribution in [1.82, 2.24) is 15.2 Å². The maximum absolute atomic E-state index is 12.6. The van der Waals surface area contributed by atoms with Crippen LogP contribution in [0.5, 0.6) is 0 Å². The normalized spacial score (nSPS) is 19.2. The second kappa shape index (κ2) is 7.58. The molecule has 0 saturated carbocycles. The number of amides is 2. The average molecular weight is 369 g/mol. The van der Waals surface area contributed by atoms with Crippen LogP contribution in [0.25, 0.3) is 0 Å². The van der Waals surface area contributed by atoms with E-state index in [9.17, 15) is 9.59 Å². The number of rotatable bonds is 4. The lowest BCUT2D eigenvalue weighted by Gasteiger charge is -2.21. The van der Waals surface area contributed by atoms with Crippen molar-refractivity contribution in [2.45, 2.75) is 38.6 Å². The van der Waals surface area contributed by atoms with Crippen LogP contribution in [-0.2, 0) is 24.2 Å². The van der Waals surface area contributed by atoms with Crippen molar-refractivity contribution in [2.24, 2.45) is 5.92 Å². The van der Waals surface area contributed by atoms with Gasteiger partial charge in [0.25, 0.3) is 5.91 Å². The number of fused-ring (bicyclic) bond motifs is 1. The first-order valence-electron chi connectivity index (χ1n) is 9.29. The van der Waals surface area contributed by atoms with E-state index in [-0.39, 0.29) is 17.7 Å². The second-order valence-corrected chi connectivity index (χ2v) is 8.17. The molecule has 0 radical (unpaired) electrons. The lowest BCUT2D eigenvalue weighted by atomic mass is 9.87. The summed E-state index contributed by atoms with van der Waals surface area (Å²) in [5, 5.41) is 3.00. The Labute approximate surface area is 157 Å². The summed E-state index contributed by atoms with van der Waals surface area (Å²) in [4.78, 5) is 33.4. The van der Waals surface area contributed by atoms with Gasteiger partial charge in [0, 0.05) is 30.1 Å². The highest BCUT2D eigenvalue weighted by Gasteiger charge is 2.29. The summed E-state index contributed by atoms with van der Waals surface area (Å²) in [6.45, 7) is 2.21. The predicted molar refractivity (Wildman–Crippen MR) is 101 cm³/mol. The van der Waals surface area contributed by atoms with E-state index >= 15 is 0 Å². The molecule has 2 aromatic rings. The van der Waals surface area contributed by atoms with Crippen LogP contribution >= 0.6 is 11.3 Å². The lowest BCUT2D eigenvalue weighted by Crippen LogP contribution is -2.33. The molecule has 1 N–H and O–H groups in total. The fourth-order valence-electron chi connectivity index (χ4n) is 3.75. The number of thiophene rings is 1. The Hall–Kier alpha value is -2.21. The second-order valence-electron chi connectivity index (χ2n) is 7.04. The smallest absolute Gasteiger partial charge is 0.263 e. The molecule has 2 amide bonds. The SMILES string of the molecule is O=C(NCc1ccccn1)[C@@H]1CCc2sc(C(=O)N3CCCC3)cc2C1. The highest BCUT2D eigenvalue weighted by Crippen LogP contribution is 2.33. The van der Waals surface area contributed by atoms with E-state index in [1.807, 2.05) is 29.2 Å². The maximum Gasteiger partial charge on any atom is 0.263 e. The zero-order valence-electron chi connectivity index (χ0n) is 14.7. The molecular weight excluding hydrogens is 346 g/mol. The molecule has 5 nitrogen and oxygen atoms in total. The zero-order chi connectivity index (χ0) is 17.9. The number of carbonyl (C=O) groups is 2. The molecule has 4 rings (SSSR count). The van der Waals surface area contributed by atoms with Crippen LogP contribution in [-0.4, -0.2) is 34.8 Å². The first-order chi connectivity index (χ1) is 12.7. The van der Waals surface area contributed by atoms with Gasteiger partial charge in [0.2, 0.25) is 5.91 Å². The minimum absolute atomic E-state index is 0.0180. The minimum atomic E-state index is -0.0180. The van der Waals surface area contributed by atoms with Gasteiger partial charge in [0.1, 0.15) is 0 Å². The van der Waals surface area contributed by atoms with E-state index in [0.29, 0.717) is 6.54 Å². The molecule has 1 fully saturated rings. The first kappa shape index (κ1) is 17.2. The first-order valence-corrected chi connectivity index (χ1v) is 10.1. The average Bonchev–Trinajstić information content (AvgIpc) is 3.35. The largest absolute Gasteiger partial charge is 0.350 e. The summed E-state index contributed by atoms with van der Waals surface area (Å²) >= 11 is 1.62. The molecule has 136 valence electrons. The molecule has 2 aliphatic rings. The Morgan fingerprint density at radius 1 is 1.27 bits per heavy atom. The van der Waals surface area contributed by atoms with E-state index in [0.717, 1.165) is 55.8 Å². The van der Waals surface area contributed by atoms with Crippen LogP contribution < -0.4 is 5.32 Å². The number of hydrogen-bond acceptors (Lipinski definition) is 4. The molecule has 6 heteroatoms. The maximum atomic E-state index is 12.6. The summed E-state index contributed by atoms with van der Waals surface area (Å²) in [6, 6.07) is 7.73. The Kier molecular flexibility index (Phi) is 5.02. The predicted octanol–water partition coefficient (Wildman–Crippen LogP) is 2.80. The van der Waals surface area contributed by atoms with Gasteiger partial charge in [-0.1, -0.05) is 6.07 Å². The van der Waals surface area contributed by atoms with E-state index in [1.165, 1.54) is 10.4 Å². The van der Waals surface area contributed by atoms with E-state index in [1.54, 1.807) is 17.5 Å². The minimum Gasteiger partial charge on any atom is -0.350 e. The Morgan fingerprint density at radius 2 is 2.12 bits per heavy atom. The molecule has 1 atom stereocenters. The zero-order valence-corrected chi connectivity index (χ0v) is 15.6. The Balaban J connectivity index is 1.38. The molecule has 0 aromatic carbocycles. The van der Waals surface area contributed by atoms with Crippen molar-refractivity contribution in [3.8, 4) is 0 Å². The van der Waals surface area contributed by atoms with Crippen LogP contribution in [0.2, 0.25) is 0 Å². The van der Waals surface area contributed by atoms with Gasteiger partial charge >= 0.3 is 0 Å². The van der Waals surface area contributed by atoms with Crippen molar-refractivity contribution in [3.05, 3.63) is 51.5 Å². The van der Waals surface area contributed by atoms with Crippen molar-refractivity contribution < 1.29 is 9.59 Å². The Bertz CT molecular complexity index is 797. The molecule has 0 spiro atoms. The number of hydrogen-bond donors (Lipinski definition) is 1. The van der Waals surface area contributed by atoms with Gasteiger partial charge in [0.05, 0.1) is 17.1 Å². The molecule has 0 unspecified atom stereocenters. The topological polar surface area (TPSA) is 62.3 Å². The summed E-state index contributed by atoms with van der Waals surface area (Å²) in [6.07, 6.45) is 6.41. The third kappa shape index (κ3) is 3.65. The van der Waals surface area contributed by atoms with Crippen molar-refractivity contribution in [3.63, 3.8) is 0 Å². The van der Waals surface area contributed by atoms with E-state index in [2.05, 4.69) is 10.3 Å². The van der Waals surface area contributed by atoms with E-state index < -0.39 is 0 Å². The van der Waals surface area contributed by atoms with Crippen molar-refractivity contribution in [1.29, 1.82) is 0 Å². The number of nitrogens with zero attached hydrogens (tertiary/aromatic N) is 2. The standard InChI is InChI=1S/C20H23N3O2S/c24-19(22-13-16-5-1-2-8-21-16)14-6-7-17-15(11-14)12-18(26-17)20(25)23-9-3-4-10-23/h1-2,5,8,12,14H,3-4,6-7,9-11,13H2,(H,22,24)/t14-/m1/s1. The molecule has 1 aliphatic carbocycles. The molecule has 26 heavy (non-hydrogen) atoms. The molecular formula is C20H23N3O2S. The number of likely N-dealkylation sites (tertiary alicyclic amines) is 1. The monoisotopic (exact) mass is 369 g/mol. The fraction of sp³-hybridized carbons (Fsp3) is 0.450. The van der Waals surface area contributed by atoms with Crippen LogP contribution in [0.3, 0.4) is 0 Å². The molecule has 1 aliphatic heterocycles.